The molecule has 1 aromatic heterocycles. The molecule has 0 saturated carbocycles. The molecule has 0 aliphatic rings. The lowest BCUT2D eigenvalue weighted by atomic mass is 10.2. The van der Waals surface area contributed by atoms with E-state index < -0.39 is 6.10 Å². The van der Waals surface area contributed by atoms with Crippen LogP contribution in [0.25, 0.3) is 11.4 Å². The third-order valence-corrected chi connectivity index (χ3v) is 3.25. The molecule has 0 saturated heterocycles. The highest BCUT2D eigenvalue weighted by atomic mass is 35.5. The largest absolute Gasteiger partial charge is 0.391 e. The molecule has 1 aromatic carbocycles. The predicted molar refractivity (Wildman–Crippen MR) is 82.2 cm³/mol. The molecule has 0 radical (unpaired) electrons. The number of aromatic nitrogens is 4. The van der Waals surface area contributed by atoms with Crippen molar-refractivity contribution in [1.29, 1.82) is 0 Å². The summed E-state index contributed by atoms with van der Waals surface area (Å²) in [6.07, 6.45) is 0.997. The number of hydrogen-bond acceptors (Lipinski definition) is 5. The summed E-state index contributed by atoms with van der Waals surface area (Å²) in [6, 6.07) is 7.04. The summed E-state index contributed by atoms with van der Waals surface area (Å²) in [5.74, 6) is 0.158. The normalized spacial score (nSPS) is 12.1. The molecule has 0 fully saturated rings. The van der Waals surface area contributed by atoms with Crippen molar-refractivity contribution in [3.8, 4) is 11.4 Å². The minimum absolute atomic E-state index is 0.0422. The number of benzene rings is 1. The molecular formula is C14H18ClN5O2. The zero-order chi connectivity index (χ0) is 15.9. The number of aliphatic hydroxyl groups excluding tert-OH is 1. The fourth-order valence-electron chi connectivity index (χ4n) is 1.88. The zero-order valence-corrected chi connectivity index (χ0v) is 13.0. The monoisotopic (exact) mass is 323 g/mol. The van der Waals surface area contributed by atoms with Gasteiger partial charge in [-0.05, 0) is 35.9 Å². The highest BCUT2D eigenvalue weighted by Crippen LogP contribution is 2.16. The molecule has 2 N–H and O–H groups in total. The van der Waals surface area contributed by atoms with Crippen LogP contribution in [0.5, 0.6) is 0 Å². The second kappa shape index (κ2) is 7.86. The van der Waals surface area contributed by atoms with Crippen molar-refractivity contribution < 1.29 is 9.90 Å². The van der Waals surface area contributed by atoms with Crippen LogP contribution in [-0.4, -0.2) is 43.9 Å². The predicted octanol–water partition coefficient (Wildman–Crippen LogP) is 1.27. The number of carbonyl (C=O) groups excluding carboxylic acids is 1. The number of halogens is 1. The Hall–Kier alpha value is -1.99. The Morgan fingerprint density at radius 1 is 1.41 bits per heavy atom. The lowest BCUT2D eigenvalue weighted by Gasteiger charge is -2.09. The molecule has 118 valence electrons. The Morgan fingerprint density at radius 3 is 2.82 bits per heavy atom. The van der Waals surface area contributed by atoms with Crippen molar-refractivity contribution in [3.63, 3.8) is 0 Å². The summed E-state index contributed by atoms with van der Waals surface area (Å²) in [6.45, 7) is 2.16. The number of aliphatic hydroxyl groups is 1. The maximum absolute atomic E-state index is 11.7. The fraction of sp³-hybridized carbons (Fsp3) is 0.429. The first-order valence-electron chi connectivity index (χ1n) is 7.07. The summed E-state index contributed by atoms with van der Waals surface area (Å²) in [7, 11) is 0. The first-order chi connectivity index (χ1) is 10.6. The zero-order valence-electron chi connectivity index (χ0n) is 12.2. The van der Waals surface area contributed by atoms with E-state index in [1.165, 1.54) is 4.80 Å². The number of amides is 1. The van der Waals surface area contributed by atoms with Gasteiger partial charge < -0.3 is 10.4 Å². The van der Waals surface area contributed by atoms with Crippen LogP contribution in [0.2, 0.25) is 5.02 Å². The van der Waals surface area contributed by atoms with E-state index in [-0.39, 0.29) is 19.0 Å². The van der Waals surface area contributed by atoms with E-state index in [0.29, 0.717) is 17.3 Å². The van der Waals surface area contributed by atoms with Crippen molar-refractivity contribution in [1.82, 2.24) is 25.5 Å². The van der Waals surface area contributed by atoms with E-state index in [0.717, 1.165) is 12.0 Å². The molecule has 1 atom stereocenters. The van der Waals surface area contributed by atoms with Crippen molar-refractivity contribution in [2.75, 3.05) is 6.54 Å². The molecule has 2 rings (SSSR count). The Kier molecular flexibility index (Phi) is 5.85. The van der Waals surface area contributed by atoms with E-state index in [4.69, 9.17) is 11.6 Å². The SMILES string of the molecule is CCCC(O)CNC(=O)Cn1nnc(-c2ccc(Cl)cc2)n1. The maximum atomic E-state index is 11.7. The van der Waals surface area contributed by atoms with Crippen LogP contribution in [0.3, 0.4) is 0 Å². The second-order valence-corrected chi connectivity index (χ2v) is 5.33. The Morgan fingerprint density at radius 2 is 2.14 bits per heavy atom. The number of nitrogens with one attached hydrogen (secondary N) is 1. The third-order valence-electron chi connectivity index (χ3n) is 3.00. The number of nitrogens with zero attached hydrogens (tertiary/aromatic N) is 4. The van der Waals surface area contributed by atoms with Gasteiger partial charge in [-0.25, -0.2) is 0 Å². The summed E-state index contributed by atoms with van der Waals surface area (Å²) in [4.78, 5) is 13.0. The van der Waals surface area contributed by atoms with E-state index >= 15 is 0 Å². The van der Waals surface area contributed by atoms with Gasteiger partial charge in [0.25, 0.3) is 0 Å². The highest BCUT2D eigenvalue weighted by Gasteiger charge is 2.10. The second-order valence-electron chi connectivity index (χ2n) is 4.90. The van der Waals surface area contributed by atoms with Crippen molar-refractivity contribution in [2.24, 2.45) is 0 Å². The minimum atomic E-state index is -0.526. The quantitative estimate of drug-likeness (QED) is 0.800. The minimum Gasteiger partial charge on any atom is -0.391 e. The fourth-order valence-corrected chi connectivity index (χ4v) is 2.00. The molecule has 0 aliphatic heterocycles. The van der Waals surface area contributed by atoms with E-state index in [2.05, 4.69) is 20.7 Å². The standard InChI is InChI=1S/C14H18ClN5O2/c1-2-3-12(21)8-16-13(22)9-20-18-14(17-19-20)10-4-6-11(15)7-5-10/h4-7,12,21H,2-3,8-9H2,1H3,(H,16,22). The lowest BCUT2D eigenvalue weighted by molar-refractivity contribution is -0.122. The summed E-state index contributed by atoms with van der Waals surface area (Å²) >= 11 is 5.82. The smallest absolute Gasteiger partial charge is 0.243 e. The summed E-state index contributed by atoms with van der Waals surface area (Å²) in [5, 5.41) is 24.7. The average Bonchev–Trinajstić information content (AvgIpc) is 2.95. The van der Waals surface area contributed by atoms with Crippen LogP contribution in [0, 0.1) is 0 Å². The van der Waals surface area contributed by atoms with Gasteiger partial charge in [-0.15, -0.1) is 10.2 Å². The van der Waals surface area contributed by atoms with Crippen LogP contribution in [0.15, 0.2) is 24.3 Å². The van der Waals surface area contributed by atoms with Gasteiger partial charge in [-0.1, -0.05) is 24.9 Å². The first-order valence-corrected chi connectivity index (χ1v) is 7.44. The van der Waals surface area contributed by atoms with Gasteiger partial charge in [0.05, 0.1) is 6.10 Å². The Labute approximate surface area is 133 Å². The molecule has 8 heteroatoms. The van der Waals surface area contributed by atoms with Gasteiger partial charge in [-0.3, -0.25) is 4.79 Å². The van der Waals surface area contributed by atoms with Gasteiger partial charge in [0.2, 0.25) is 11.7 Å². The molecule has 0 aliphatic carbocycles. The maximum Gasteiger partial charge on any atom is 0.243 e. The van der Waals surface area contributed by atoms with Gasteiger partial charge >= 0.3 is 0 Å². The molecule has 2 aromatic rings. The van der Waals surface area contributed by atoms with E-state index in [9.17, 15) is 9.90 Å². The van der Waals surface area contributed by atoms with Gasteiger partial charge in [0.1, 0.15) is 6.54 Å². The molecule has 1 unspecified atom stereocenters. The van der Waals surface area contributed by atoms with E-state index in [1.54, 1.807) is 24.3 Å². The Bertz CT molecular complexity index is 614. The molecule has 22 heavy (non-hydrogen) atoms. The molecule has 0 spiro atoms. The number of rotatable bonds is 7. The van der Waals surface area contributed by atoms with Crippen LogP contribution < -0.4 is 5.32 Å². The summed E-state index contributed by atoms with van der Waals surface area (Å²) in [5.41, 5.74) is 0.773. The highest BCUT2D eigenvalue weighted by molar-refractivity contribution is 6.30. The number of hydrogen-bond donors (Lipinski definition) is 2. The van der Waals surface area contributed by atoms with Gasteiger partial charge in [0.15, 0.2) is 0 Å². The van der Waals surface area contributed by atoms with Crippen LogP contribution in [0.4, 0.5) is 0 Å². The molecule has 0 bridgehead atoms. The van der Waals surface area contributed by atoms with E-state index in [1.807, 2.05) is 6.92 Å². The molecule has 1 heterocycles. The molecular weight excluding hydrogens is 306 g/mol. The third kappa shape index (κ3) is 4.78. The topological polar surface area (TPSA) is 92.9 Å². The number of carbonyl (C=O) groups is 1. The van der Waals surface area contributed by atoms with Crippen LogP contribution >= 0.6 is 11.6 Å². The molecule has 7 nitrogen and oxygen atoms in total. The van der Waals surface area contributed by atoms with Crippen LogP contribution in [-0.2, 0) is 11.3 Å². The first kappa shape index (κ1) is 16.4. The molecule has 1 amide bonds. The lowest BCUT2D eigenvalue weighted by Crippen LogP contribution is -2.34. The van der Waals surface area contributed by atoms with Crippen LogP contribution in [0.1, 0.15) is 19.8 Å². The average molecular weight is 324 g/mol. The Balaban J connectivity index is 1.89. The van der Waals surface area contributed by atoms with Crippen molar-refractivity contribution >= 4 is 17.5 Å². The van der Waals surface area contributed by atoms with Crippen molar-refractivity contribution in [2.45, 2.75) is 32.4 Å². The van der Waals surface area contributed by atoms with Gasteiger partial charge in [-0.2, -0.15) is 4.80 Å². The van der Waals surface area contributed by atoms with Crippen molar-refractivity contribution in [3.05, 3.63) is 29.3 Å². The summed E-state index contributed by atoms with van der Waals surface area (Å²) < 4.78 is 0. The van der Waals surface area contributed by atoms with Gasteiger partial charge in [0, 0.05) is 17.1 Å². The number of tetrazole rings is 1.